The maximum absolute atomic E-state index is 5.88. The van der Waals surface area contributed by atoms with E-state index in [-0.39, 0.29) is 0 Å². The van der Waals surface area contributed by atoms with Gasteiger partial charge in [0.15, 0.2) is 0 Å². The van der Waals surface area contributed by atoms with E-state index in [9.17, 15) is 0 Å². The van der Waals surface area contributed by atoms with Crippen molar-refractivity contribution < 1.29 is 0 Å². The maximum atomic E-state index is 5.88. The van der Waals surface area contributed by atoms with Crippen molar-refractivity contribution in [3.8, 4) is 0 Å². The molecule has 3 N–H and O–H groups in total. The summed E-state index contributed by atoms with van der Waals surface area (Å²) in [6.07, 6.45) is 2.24. The summed E-state index contributed by atoms with van der Waals surface area (Å²) < 4.78 is 0. The largest absolute Gasteiger partial charge is 0.328 e. The number of aromatic nitrogens is 2. The number of aryl methyl sites for hydroxylation is 2. The van der Waals surface area contributed by atoms with Gasteiger partial charge in [0.05, 0.1) is 5.69 Å². The summed E-state index contributed by atoms with van der Waals surface area (Å²) >= 11 is 0. The average molecular weight is 208 g/mol. The second-order valence-corrected chi connectivity index (χ2v) is 4.53. The number of hydrogen-bond donors (Lipinski definition) is 2. The Morgan fingerprint density at radius 3 is 2.60 bits per heavy atom. The highest BCUT2D eigenvalue weighted by Crippen LogP contribution is 2.16. The van der Waals surface area contributed by atoms with Gasteiger partial charge in [0.25, 0.3) is 0 Å². The van der Waals surface area contributed by atoms with Crippen molar-refractivity contribution in [1.29, 1.82) is 0 Å². The first-order chi connectivity index (χ1) is 7.16. The molecule has 0 spiro atoms. The zero-order chi connectivity index (χ0) is 10.8. The minimum absolute atomic E-state index is 0.410. The summed E-state index contributed by atoms with van der Waals surface area (Å²) in [7, 11) is 0. The van der Waals surface area contributed by atoms with Gasteiger partial charge in [-0.25, -0.2) is 0 Å². The number of nitrogens with two attached hydrogens (primary N) is 1. The molecule has 0 atom stereocenters. The molecule has 1 aliphatic heterocycles. The molecule has 2 rings (SSSR count). The van der Waals surface area contributed by atoms with E-state index in [1.54, 1.807) is 0 Å². The van der Waals surface area contributed by atoms with E-state index in [0.29, 0.717) is 6.04 Å². The average Bonchev–Trinajstić information content (AvgIpc) is 2.53. The lowest BCUT2D eigenvalue weighted by Gasteiger charge is -2.30. The predicted octanol–water partition coefficient (Wildman–Crippen LogP) is 0.950. The molecule has 0 radical (unpaired) electrons. The Morgan fingerprint density at radius 2 is 2.07 bits per heavy atom. The summed E-state index contributed by atoms with van der Waals surface area (Å²) in [5.41, 5.74) is 9.56. The SMILES string of the molecule is Cc1n[nH]c(C)c1CN1CCC(N)CC1. The van der Waals surface area contributed by atoms with Gasteiger partial charge in [-0.2, -0.15) is 5.10 Å². The van der Waals surface area contributed by atoms with Gasteiger partial charge in [-0.15, -0.1) is 0 Å². The van der Waals surface area contributed by atoms with Gasteiger partial charge < -0.3 is 5.73 Å². The third kappa shape index (κ3) is 2.38. The first-order valence-electron chi connectivity index (χ1n) is 5.65. The molecule has 4 nitrogen and oxygen atoms in total. The van der Waals surface area contributed by atoms with Crippen LogP contribution in [0.5, 0.6) is 0 Å². The van der Waals surface area contributed by atoms with Crippen LogP contribution in [0.2, 0.25) is 0 Å². The number of rotatable bonds is 2. The molecule has 15 heavy (non-hydrogen) atoms. The molecule has 1 aromatic heterocycles. The first-order valence-corrected chi connectivity index (χ1v) is 5.65. The minimum Gasteiger partial charge on any atom is -0.328 e. The number of piperidine rings is 1. The van der Waals surface area contributed by atoms with E-state index in [4.69, 9.17) is 5.73 Å². The van der Waals surface area contributed by atoms with Gasteiger partial charge in [-0.3, -0.25) is 10.00 Å². The van der Waals surface area contributed by atoms with Crippen LogP contribution in [0.1, 0.15) is 29.8 Å². The number of nitrogens with one attached hydrogen (secondary N) is 1. The van der Waals surface area contributed by atoms with Gasteiger partial charge in [-0.1, -0.05) is 0 Å². The van der Waals surface area contributed by atoms with E-state index < -0.39 is 0 Å². The molecule has 2 heterocycles. The van der Waals surface area contributed by atoms with E-state index in [1.165, 1.54) is 11.3 Å². The molecule has 84 valence electrons. The monoisotopic (exact) mass is 208 g/mol. The fourth-order valence-corrected chi connectivity index (χ4v) is 2.14. The van der Waals surface area contributed by atoms with Crippen molar-refractivity contribution in [3.05, 3.63) is 17.0 Å². The lowest BCUT2D eigenvalue weighted by Crippen LogP contribution is -2.39. The lowest BCUT2D eigenvalue weighted by molar-refractivity contribution is 0.205. The molecule has 0 unspecified atom stereocenters. The number of nitrogens with zero attached hydrogens (tertiary/aromatic N) is 2. The Kier molecular flexibility index (Phi) is 3.07. The highest BCUT2D eigenvalue weighted by Gasteiger charge is 2.18. The Bertz CT molecular complexity index is 304. The van der Waals surface area contributed by atoms with Gasteiger partial charge in [-0.05, 0) is 39.8 Å². The fourth-order valence-electron chi connectivity index (χ4n) is 2.14. The third-order valence-corrected chi connectivity index (χ3v) is 3.29. The third-order valence-electron chi connectivity index (χ3n) is 3.29. The standard InChI is InChI=1S/C11H20N4/c1-8-11(9(2)14-13-8)7-15-5-3-10(12)4-6-15/h10H,3-7,12H2,1-2H3,(H,13,14). The zero-order valence-corrected chi connectivity index (χ0v) is 9.58. The van der Waals surface area contributed by atoms with Crippen molar-refractivity contribution in [2.24, 2.45) is 5.73 Å². The lowest BCUT2D eigenvalue weighted by atomic mass is 10.0. The molecular formula is C11H20N4. The van der Waals surface area contributed by atoms with Crippen LogP contribution in [0.15, 0.2) is 0 Å². The van der Waals surface area contributed by atoms with Crippen LogP contribution in [0.25, 0.3) is 0 Å². The molecule has 0 aliphatic carbocycles. The molecule has 0 bridgehead atoms. The summed E-state index contributed by atoms with van der Waals surface area (Å²) in [6.45, 7) is 7.40. The van der Waals surface area contributed by atoms with Crippen LogP contribution < -0.4 is 5.73 Å². The predicted molar refractivity (Wildman–Crippen MR) is 60.5 cm³/mol. The van der Waals surface area contributed by atoms with Crippen LogP contribution >= 0.6 is 0 Å². The minimum atomic E-state index is 0.410. The van der Waals surface area contributed by atoms with Crippen molar-refractivity contribution in [1.82, 2.24) is 15.1 Å². The number of H-pyrrole nitrogens is 1. The second kappa shape index (κ2) is 4.33. The Hall–Kier alpha value is -0.870. The van der Waals surface area contributed by atoms with Gasteiger partial charge in [0.1, 0.15) is 0 Å². The molecule has 0 amide bonds. The Morgan fingerprint density at radius 1 is 1.40 bits per heavy atom. The number of aromatic amines is 1. The molecule has 1 fully saturated rings. The molecule has 0 saturated carbocycles. The highest BCUT2D eigenvalue weighted by atomic mass is 15.2. The van der Waals surface area contributed by atoms with Crippen LogP contribution in [-0.2, 0) is 6.54 Å². The molecule has 0 aromatic carbocycles. The number of hydrogen-bond acceptors (Lipinski definition) is 3. The normalized spacial score (nSPS) is 19.7. The van der Waals surface area contributed by atoms with Crippen LogP contribution in [-0.4, -0.2) is 34.2 Å². The van der Waals surface area contributed by atoms with E-state index in [2.05, 4.69) is 28.9 Å². The van der Waals surface area contributed by atoms with Crippen LogP contribution in [0.4, 0.5) is 0 Å². The van der Waals surface area contributed by atoms with Gasteiger partial charge >= 0.3 is 0 Å². The van der Waals surface area contributed by atoms with Crippen LogP contribution in [0.3, 0.4) is 0 Å². The Balaban J connectivity index is 1.97. The van der Waals surface area contributed by atoms with Crippen LogP contribution in [0, 0.1) is 13.8 Å². The van der Waals surface area contributed by atoms with Crippen molar-refractivity contribution in [3.63, 3.8) is 0 Å². The van der Waals surface area contributed by atoms with Crippen molar-refractivity contribution >= 4 is 0 Å². The highest BCUT2D eigenvalue weighted by molar-refractivity contribution is 5.22. The summed E-state index contributed by atoms with van der Waals surface area (Å²) in [5.74, 6) is 0. The number of likely N-dealkylation sites (tertiary alicyclic amines) is 1. The maximum Gasteiger partial charge on any atom is 0.0639 e. The smallest absolute Gasteiger partial charge is 0.0639 e. The topological polar surface area (TPSA) is 57.9 Å². The zero-order valence-electron chi connectivity index (χ0n) is 9.58. The van der Waals surface area contributed by atoms with E-state index >= 15 is 0 Å². The summed E-state index contributed by atoms with van der Waals surface area (Å²) in [6, 6.07) is 0.410. The van der Waals surface area contributed by atoms with Gasteiger partial charge in [0, 0.05) is 23.8 Å². The molecule has 1 aromatic rings. The molecule has 1 aliphatic rings. The van der Waals surface area contributed by atoms with E-state index in [1.807, 2.05) is 0 Å². The fraction of sp³-hybridized carbons (Fsp3) is 0.727. The molecule has 4 heteroatoms. The Labute approximate surface area is 90.8 Å². The summed E-state index contributed by atoms with van der Waals surface area (Å²) in [5, 5.41) is 7.25. The quantitative estimate of drug-likeness (QED) is 0.760. The molecule has 1 saturated heterocycles. The summed E-state index contributed by atoms with van der Waals surface area (Å²) in [4.78, 5) is 2.47. The molecular weight excluding hydrogens is 188 g/mol. The van der Waals surface area contributed by atoms with Crippen molar-refractivity contribution in [2.75, 3.05) is 13.1 Å². The van der Waals surface area contributed by atoms with E-state index in [0.717, 1.165) is 38.2 Å². The van der Waals surface area contributed by atoms with Crippen molar-refractivity contribution in [2.45, 2.75) is 39.3 Å². The van der Waals surface area contributed by atoms with Gasteiger partial charge in [0.2, 0.25) is 0 Å². The first kappa shape index (κ1) is 10.6. The second-order valence-electron chi connectivity index (χ2n) is 4.53.